The summed E-state index contributed by atoms with van der Waals surface area (Å²) in [5.41, 5.74) is 1.07. The molecule has 1 aromatic carbocycles. The number of aromatic nitrogens is 3. The zero-order valence-electron chi connectivity index (χ0n) is 11.9. The van der Waals surface area contributed by atoms with E-state index in [1.54, 1.807) is 11.3 Å². The van der Waals surface area contributed by atoms with Gasteiger partial charge in [0.25, 0.3) is 0 Å². The van der Waals surface area contributed by atoms with Crippen LogP contribution in [-0.4, -0.2) is 45.8 Å². The molecule has 0 N–H and O–H groups in total. The van der Waals surface area contributed by atoms with Gasteiger partial charge in [-0.2, -0.15) is 0 Å². The molecule has 0 radical (unpaired) electrons. The second-order valence-electron chi connectivity index (χ2n) is 5.27. The minimum atomic E-state index is 0.827. The third-order valence-corrected chi connectivity index (χ3v) is 5.18. The summed E-state index contributed by atoms with van der Waals surface area (Å²) in [4.78, 5) is 4.67. The van der Waals surface area contributed by atoms with E-state index in [4.69, 9.17) is 4.74 Å². The molecule has 1 aliphatic rings. The molecule has 1 saturated heterocycles. The number of thiazole rings is 1. The lowest BCUT2D eigenvalue weighted by molar-refractivity contribution is 0.0346. The van der Waals surface area contributed by atoms with E-state index in [2.05, 4.69) is 53.8 Å². The van der Waals surface area contributed by atoms with Gasteiger partial charge in [-0.15, -0.1) is 10.2 Å². The zero-order valence-corrected chi connectivity index (χ0v) is 14.3. The number of benzene rings is 1. The van der Waals surface area contributed by atoms with Gasteiger partial charge in [0.15, 0.2) is 5.82 Å². The van der Waals surface area contributed by atoms with Crippen molar-refractivity contribution >= 4 is 32.2 Å². The molecule has 1 aliphatic heterocycles. The van der Waals surface area contributed by atoms with Crippen LogP contribution in [0.1, 0.15) is 4.88 Å². The third-order valence-electron chi connectivity index (χ3n) is 3.73. The molecule has 0 spiro atoms. The van der Waals surface area contributed by atoms with E-state index in [1.807, 2.05) is 12.1 Å². The highest BCUT2D eigenvalue weighted by Crippen LogP contribution is 2.26. The standard InChI is InChI=1S/C15H15BrN4OS/c16-12-3-1-2-11(8-12)14-17-18-15-20(14)10-13(22-15)9-19-4-6-21-7-5-19/h1-3,8,10H,4-7,9H2. The lowest BCUT2D eigenvalue weighted by Gasteiger charge is -2.25. The normalized spacial score (nSPS) is 16.4. The number of nitrogens with zero attached hydrogens (tertiary/aromatic N) is 4. The van der Waals surface area contributed by atoms with Crippen molar-refractivity contribution in [2.24, 2.45) is 0 Å². The molecule has 0 saturated carbocycles. The Labute approximate surface area is 140 Å². The lowest BCUT2D eigenvalue weighted by atomic mass is 10.2. The summed E-state index contributed by atoms with van der Waals surface area (Å²) in [6, 6.07) is 8.15. The van der Waals surface area contributed by atoms with Gasteiger partial charge in [-0.05, 0) is 12.1 Å². The van der Waals surface area contributed by atoms with Crippen LogP contribution in [0.3, 0.4) is 0 Å². The molecule has 0 unspecified atom stereocenters. The molecule has 22 heavy (non-hydrogen) atoms. The summed E-state index contributed by atoms with van der Waals surface area (Å²) in [6.07, 6.45) is 2.16. The molecular formula is C15H15BrN4OS. The van der Waals surface area contributed by atoms with Gasteiger partial charge >= 0.3 is 0 Å². The Bertz CT molecular complexity index is 794. The van der Waals surface area contributed by atoms with Gasteiger partial charge < -0.3 is 4.74 Å². The molecular weight excluding hydrogens is 364 g/mol. The molecule has 3 heterocycles. The van der Waals surface area contributed by atoms with Gasteiger partial charge in [0, 0.05) is 40.7 Å². The van der Waals surface area contributed by atoms with Crippen molar-refractivity contribution in [1.82, 2.24) is 19.5 Å². The summed E-state index contributed by atoms with van der Waals surface area (Å²) in [5, 5.41) is 8.63. The second-order valence-corrected chi connectivity index (χ2v) is 7.28. The van der Waals surface area contributed by atoms with E-state index in [0.29, 0.717) is 0 Å². The van der Waals surface area contributed by atoms with Gasteiger partial charge in [0.2, 0.25) is 4.96 Å². The van der Waals surface area contributed by atoms with Crippen molar-refractivity contribution < 1.29 is 4.74 Å². The number of hydrogen-bond acceptors (Lipinski definition) is 5. The summed E-state index contributed by atoms with van der Waals surface area (Å²) >= 11 is 5.22. The van der Waals surface area contributed by atoms with Crippen LogP contribution in [0, 0.1) is 0 Å². The van der Waals surface area contributed by atoms with E-state index < -0.39 is 0 Å². The molecule has 3 aromatic rings. The minimum absolute atomic E-state index is 0.827. The van der Waals surface area contributed by atoms with Gasteiger partial charge in [-0.25, -0.2) is 0 Å². The van der Waals surface area contributed by atoms with E-state index in [0.717, 1.165) is 53.7 Å². The first-order valence-electron chi connectivity index (χ1n) is 7.19. The Morgan fingerprint density at radius 1 is 1.23 bits per heavy atom. The number of rotatable bonds is 3. The van der Waals surface area contributed by atoms with E-state index in [1.165, 1.54) is 4.88 Å². The van der Waals surface area contributed by atoms with Crippen LogP contribution < -0.4 is 0 Å². The molecule has 1 fully saturated rings. The fraction of sp³-hybridized carbons (Fsp3) is 0.333. The van der Waals surface area contributed by atoms with Crippen LogP contribution in [0.5, 0.6) is 0 Å². The van der Waals surface area contributed by atoms with Gasteiger partial charge in [0.05, 0.1) is 13.2 Å². The highest BCUT2D eigenvalue weighted by molar-refractivity contribution is 9.10. The summed E-state index contributed by atoms with van der Waals surface area (Å²) in [6.45, 7) is 4.60. The number of fused-ring (bicyclic) bond motifs is 1. The van der Waals surface area contributed by atoms with Crippen LogP contribution in [0.15, 0.2) is 34.9 Å². The topological polar surface area (TPSA) is 42.7 Å². The lowest BCUT2D eigenvalue weighted by Crippen LogP contribution is -2.35. The van der Waals surface area contributed by atoms with Crippen LogP contribution in [0.25, 0.3) is 16.3 Å². The molecule has 2 aromatic heterocycles. The van der Waals surface area contributed by atoms with Gasteiger partial charge in [0.1, 0.15) is 0 Å². The van der Waals surface area contributed by atoms with E-state index in [9.17, 15) is 0 Å². The molecule has 0 amide bonds. The molecule has 5 nitrogen and oxygen atoms in total. The number of morpholine rings is 1. The predicted octanol–water partition coefficient (Wildman–Crippen LogP) is 3.05. The highest BCUT2D eigenvalue weighted by Gasteiger charge is 2.15. The molecule has 0 bridgehead atoms. The predicted molar refractivity (Wildman–Crippen MR) is 90.1 cm³/mol. The second kappa shape index (κ2) is 6.08. The van der Waals surface area contributed by atoms with Gasteiger partial charge in [-0.3, -0.25) is 9.30 Å². The first-order valence-corrected chi connectivity index (χ1v) is 8.80. The Morgan fingerprint density at radius 3 is 2.91 bits per heavy atom. The molecule has 0 atom stereocenters. The van der Waals surface area contributed by atoms with Crippen LogP contribution in [0.2, 0.25) is 0 Å². The Morgan fingerprint density at radius 2 is 2.09 bits per heavy atom. The summed E-state index contributed by atoms with van der Waals surface area (Å²) in [5.74, 6) is 0.890. The average molecular weight is 379 g/mol. The van der Waals surface area contributed by atoms with Gasteiger partial charge in [-0.1, -0.05) is 39.4 Å². The number of hydrogen-bond donors (Lipinski definition) is 0. The fourth-order valence-electron chi connectivity index (χ4n) is 2.63. The first-order chi connectivity index (χ1) is 10.8. The quantitative estimate of drug-likeness (QED) is 0.702. The maximum Gasteiger partial charge on any atom is 0.216 e. The highest BCUT2D eigenvalue weighted by atomic mass is 79.9. The van der Waals surface area contributed by atoms with Crippen molar-refractivity contribution in [3.63, 3.8) is 0 Å². The third kappa shape index (κ3) is 2.81. The molecule has 114 valence electrons. The number of ether oxygens (including phenoxy) is 1. The Balaban J connectivity index is 1.64. The van der Waals surface area contributed by atoms with E-state index in [-0.39, 0.29) is 0 Å². The molecule has 7 heteroatoms. The van der Waals surface area contributed by atoms with E-state index >= 15 is 0 Å². The van der Waals surface area contributed by atoms with Crippen LogP contribution >= 0.6 is 27.3 Å². The maximum absolute atomic E-state index is 5.40. The van der Waals surface area contributed by atoms with Crippen molar-refractivity contribution in [2.75, 3.05) is 26.3 Å². The number of halogens is 1. The summed E-state index contributed by atoms with van der Waals surface area (Å²) in [7, 11) is 0. The zero-order chi connectivity index (χ0) is 14.9. The maximum atomic E-state index is 5.40. The summed E-state index contributed by atoms with van der Waals surface area (Å²) < 4.78 is 8.53. The smallest absolute Gasteiger partial charge is 0.216 e. The average Bonchev–Trinajstić information content (AvgIpc) is 3.08. The fourth-order valence-corrected chi connectivity index (χ4v) is 3.99. The van der Waals surface area contributed by atoms with Crippen molar-refractivity contribution in [3.8, 4) is 11.4 Å². The Kier molecular flexibility index (Phi) is 3.96. The monoisotopic (exact) mass is 378 g/mol. The largest absolute Gasteiger partial charge is 0.379 e. The molecule has 0 aliphatic carbocycles. The molecule has 4 rings (SSSR count). The van der Waals surface area contributed by atoms with Crippen LogP contribution in [0.4, 0.5) is 0 Å². The SMILES string of the molecule is Brc1cccc(-c2nnc3sc(CN4CCOCC4)cn23)c1. The van der Waals surface area contributed by atoms with Crippen molar-refractivity contribution in [3.05, 3.63) is 39.8 Å². The van der Waals surface area contributed by atoms with Crippen molar-refractivity contribution in [2.45, 2.75) is 6.54 Å². The minimum Gasteiger partial charge on any atom is -0.379 e. The van der Waals surface area contributed by atoms with Crippen molar-refractivity contribution in [1.29, 1.82) is 0 Å². The first kappa shape index (κ1) is 14.3. The Hall–Kier alpha value is -1.28. The van der Waals surface area contributed by atoms with Crippen LogP contribution in [-0.2, 0) is 11.3 Å².